The number of amides is 2. The smallest absolute Gasteiger partial charge is 0.287 e. The van der Waals surface area contributed by atoms with E-state index in [2.05, 4.69) is 15.6 Å². The number of aromatic nitrogens is 2. The Morgan fingerprint density at radius 2 is 1.83 bits per heavy atom. The van der Waals surface area contributed by atoms with Gasteiger partial charge in [-0.1, -0.05) is 19.3 Å². The highest BCUT2D eigenvalue weighted by Crippen LogP contribution is 2.22. The molecule has 1 aliphatic heterocycles. The molecule has 0 spiro atoms. The van der Waals surface area contributed by atoms with Crippen molar-refractivity contribution in [2.24, 2.45) is 0 Å². The molecule has 1 saturated carbocycles. The molecule has 2 aliphatic rings. The predicted molar refractivity (Wildman–Crippen MR) is 92.1 cm³/mol. The highest BCUT2D eigenvalue weighted by atomic mass is 16.2. The van der Waals surface area contributed by atoms with Crippen LogP contribution in [0.2, 0.25) is 0 Å². The third-order valence-corrected chi connectivity index (χ3v) is 4.90. The van der Waals surface area contributed by atoms with E-state index in [4.69, 9.17) is 0 Å². The van der Waals surface area contributed by atoms with Gasteiger partial charge in [-0.05, 0) is 46.0 Å². The molecule has 3 rings (SSSR count). The van der Waals surface area contributed by atoms with Crippen LogP contribution in [0.5, 0.6) is 0 Å². The maximum Gasteiger partial charge on any atom is 0.287 e. The third-order valence-electron chi connectivity index (χ3n) is 4.90. The zero-order valence-corrected chi connectivity index (χ0v) is 14.7. The minimum absolute atomic E-state index is 0.0537. The van der Waals surface area contributed by atoms with E-state index in [0.717, 1.165) is 44.3 Å². The van der Waals surface area contributed by atoms with Gasteiger partial charge < -0.3 is 15.2 Å². The molecular formula is C18H28N4O2. The first kappa shape index (κ1) is 17.0. The Kier molecular flexibility index (Phi) is 5.21. The molecule has 0 bridgehead atoms. The summed E-state index contributed by atoms with van der Waals surface area (Å²) in [6.45, 7) is 4.62. The predicted octanol–water partition coefficient (Wildman–Crippen LogP) is 2.42. The molecule has 6 heteroatoms. The second kappa shape index (κ2) is 7.36. The van der Waals surface area contributed by atoms with Crippen LogP contribution in [-0.4, -0.2) is 33.4 Å². The second-order valence-corrected chi connectivity index (χ2v) is 7.28. The van der Waals surface area contributed by atoms with E-state index in [1.807, 2.05) is 18.4 Å². The van der Waals surface area contributed by atoms with Crippen LogP contribution in [0.15, 0.2) is 0 Å². The van der Waals surface area contributed by atoms with Crippen molar-refractivity contribution in [3.8, 4) is 0 Å². The van der Waals surface area contributed by atoms with Crippen molar-refractivity contribution in [3.63, 3.8) is 0 Å². The van der Waals surface area contributed by atoms with E-state index in [-0.39, 0.29) is 23.9 Å². The van der Waals surface area contributed by atoms with Crippen LogP contribution in [0.25, 0.3) is 0 Å². The topological polar surface area (TPSA) is 76.0 Å². The minimum Gasteiger partial charge on any atom is -0.348 e. The standard InChI is InChI=1S/C18H28N4O2/c1-12(2)19-17(23)15-14-10-6-7-11-22(14)16(21-15)18(24)20-13-8-4-3-5-9-13/h12-13H,3-11H2,1-2H3,(H,19,23)(H,20,24). The molecule has 1 aromatic heterocycles. The van der Waals surface area contributed by atoms with Gasteiger partial charge in [0.2, 0.25) is 0 Å². The lowest BCUT2D eigenvalue weighted by atomic mass is 9.95. The number of fused-ring (bicyclic) bond motifs is 1. The summed E-state index contributed by atoms with van der Waals surface area (Å²) in [4.78, 5) is 29.6. The maximum atomic E-state index is 12.7. The van der Waals surface area contributed by atoms with E-state index in [1.165, 1.54) is 19.3 Å². The summed E-state index contributed by atoms with van der Waals surface area (Å²) in [6, 6.07) is 0.300. The van der Waals surface area contributed by atoms with Crippen molar-refractivity contribution in [1.29, 1.82) is 0 Å². The Hall–Kier alpha value is -1.85. The molecule has 1 aromatic rings. The van der Waals surface area contributed by atoms with Gasteiger partial charge in [-0.15, -0.1) is 0 Å². The van der Waals surface area contributed by atoms with E-state index in [9.17, 15) is 9.59 Å². The van der Waals surface area contributed by atoms with Gasteiger partial charge in [0.25, 0.3) is 11.8 Å². The summed E-state index contributed by atoms with van der Waals surface area (Å²) in [5.41, 5.74) is 1.34. The molecule has 0 atom stereocenters. The van der Waals surface area contributed by atoms with E-state index >= 15 is 0 Å². The summed E-state index contributed by atoms with van der Waals surface area (Å²) in [5.74, 6) is 0.102. The molecule has 0 radical (unpaired) electrons. The van der Waals surface area contributed by atoms with Gasteiger partial charge in [-0.2, -0.15) is 0 Å². The van der Waals surface area contributed by atoms with Crippen molar-refractivity contribution >= 4 is 11.8 Å². The van der Waals surface area contributed by atoms with Crippen LogP contribution in [0.1, 0.15) is 85.6 Å². The lowest BCUT2D eigenvalue weighted by Gasteiger charge is -2.23. The summed E-state index contributed by atoms with van der Waals surface area (Å²) in [6.07, 6.45) is 8.56. The summed E-state index contributed by atoms with van der Waals surface area (Å²) in [7, 11) is 0. The van der Waals surface area contributed by atoms with E-state index < -0.39 is 0 Å². The molecule has 0 unspecified atom stereocenters. The number of carbonyl (C=O) groups excluding carboxylic acids is 2. The number of imidazole rings is 1. The van der Waals surface area contributed by atoms with Crippen LogP contribution < -0.4 is 10.6 Å². The molecule has 2 heterocycles. The van der Waals surface area contributed by atoms with Gasteiger partial charge in [0, 0.05) is 18.6 Å². The zero-order valence-electron chi connectivity index (χ0n) is 14.7. The molecule has 1 aliphatic carbocycles. The molecule has 2 N–H and O–H groups in total. The molecule has 0 aromatic carbocycles. The normalized spacial score (nSPS) is 18.3. The lowest BCUT2D eigenvalue weighted by molar-refractivity contribution is 0.0911. The monoisotopic (exact) mass is 332 g/mol. The van der Waals surface area contributed by atoms with Crippen LogP contribution in [0.4, 0.5) is 0 Å². The average Bonchev–Trinajstić information content (AvgIpc) is 2.95. The van der Waals surface area contributed by atoms with Gasteiger partial charge in [-0.25, -0.2) is 4.98 Å². The first-order chi connectivity index (χ1) is 11.6. The molecule has 1 fully saturated rings. The number of nitrogens with zero attached hydrogens (tertiary/aromatic N) is 2. The van der Waals surface area contributed by atoms with Gasteiger partial charge >= 0.3 is 0 Å². The quantitative estimate of drug-likeness (QED) is 0.889. The first-order valence-corrected chi connectivity index (χ1v) is 9.27. The first-order valence-electron chi connectivity index (χ1n) is 9.27. The Balaban J connectivity index is 1.83. The summed E-state index contributed by atoms with van der Waals surface area (Å²) in [5, 5.41) is 6.02. The van der Waals surface area contributed by atoms with Crippen LogP contribution in [0, 0.1) is 0 Å². The number of rotatable bonds is 4. The minimum atomic E-state index is -0.174. The Labute approximate surface area is 143 Å². The van der Waals surface area contributed by atoms with Crippen LogP contribution >= 0.6 is 0 Å². The van der Waals surface area contributed by atoms with Gasteiger partial charge in [-0.3, -0.25) is 9.59 Å². The third kappa shape index (κ3) is 3.62. The molecule has 0 saturated heterocycles. The SMILES string of the molecule is CC(C)NC(=O)c1nc(C(=O)NC2CCCCC2)n2c1CCCC2. The highest BCUT2D eigenvalue weighted by molar-refractivity contribution is 5.97. The molecular weight excluding hydrogens is 304 g/mol. The van der Waals surface area contributed by atoms with E-state index in [1.54, 1.807) is 0 Å². The Bertz CT molecular complexity index is 615. The van der Waals surface area contributed by atoms with Crippen molar-refractivity contribution in [2.45, 2.75) is 83.8 Å². The summed E-state index contributed by atoms with van der Waals surface area (Å²) < 4.78 is 1.96. The largest absolute Gasteiger partial charge is 0.348 e. The highest BCUT2D eigenvalue weighted by Gasteiger charge is 2.28. The average molecular weight is 332 g/mol. The lowest BCUT2D eigenvalue weighted by Crippen LogP contribution is -2.37. The number of hydrogen-bond donors (Lipinski definition) is 2. The molecule has 24 heavy (non-hydrogen) atoms. The summed E-state index contributed by atoms with van der Waals surface area (Å²) >= 11 is 0. The molecule has 2 amide bonds. The molecule has 6 nitrogen and oxygen atoms in total. The fourth-order valence-electron chi connectivity index (χ4n) is 3.73. The number of hydrogen-bond acceptors (Lipinski definition) is 3. The van der Waals surface area contributed by atoms with E-state index in [0.29, 0.717) is 11.5 Å². The molecule has 132 valence electrons. The van der Waals surface area contributed by atoms with Crippen molar-refractivity contribution in [1.82, 2.24) is 20.2 Å². The van der Waals surface area contributed by atoms with Gasteiger partial charge in [0.1, 0.15) is 5.69 Å². The van der Waals surface area contributed by atoms with Gasteiger partial charge in [0.05, 0.1) is 5.69 Å². The fourth-order valence-corrected chi connectivity index (χ4v) is 3.73. The van der Waals surface area contributed by atoms with Crippen molar-refractivity contribution in [2.75, 3.05) is 0 Å². The number of carbonyl (C=O) groups is 2. The Morgan fingerprint density at radius 3 is 2.54 bits per heavy atom. The second-order valence-electron chi connectivity index (χ2n) is 7.28. The number of nitrogens with one attached hydrogen (secondary N) is 2. The van der Waals surface area contributed by atoms with Crippen molar-refractivity contribution in [3.05, 3.63) is 17.2 Å². The van der Waals surface area contributed by atoms with Crippen molar-refractivity contribution < 1.29 is 9.59 Å². The van der Waals surface area contributed by atoms with Crippen LogP contribution in [0.3, 0.4) is 0 Å². The van der Waals surface area contributed by atoms with Crippen LogP contribution in [-0.2, 0) is 13.0 Å². The zero-order chi connectivity index (χ0) is 17.1. The maximum absolute atomic E-state index is 12.7. The Morgan fingerprint density at radius 1 is 1.08 bits per heavy atom. The fraction of sp³-hybridized carbons (Fsp3) is 0.722. The van der Waals surface area contributed by atoms with Gasteiger partial charge in [0.15, 0.2) is 5.82 Å².